The van der Waals surface area contributed by atoms with Gasteiger partial charge in [0.1, 0.15) is 5.82 Å². The topological polar surface area (TPSA) is 29.1 Å². The molecule has 0 aromatic heterocycles. The van der Waals surface area contributed by atoms with E-state index in [0.29, 0.717) is 12.0 Å². The number of amides is 1. The van der Waals surface area contributed by atoms with E-state index in [4.69, 9.17) is 0 Å². The number of carbonyl (C=O) groups excluding carboxylic acids is 1. The van der Waals surface area contributed by atoms with E-state index in [9.17, 15) is 9.18 Å². The monoisotopic (exact) mass is 303 g/mol. The van der Waals surface area contributed by atoms with Crippen molar-refractivity contribution in [3.8, 4) is 0 Å². The van der Waals surface area contributed by atoms with Gasteiger partial charge in [0.25, 0.3) is 0 Å². The number of hydrogen-bond donors (Lipinski definition) is 2. The van der Waals surface area contributed by atoms with E-state index in [1.54, 1.807) is 25.1 Å². The number of thiol groups is 1. The van der Waals surface area contributed by atoms with Crippen LogP contribution < -0.4 is 5.32 Å². The van der Waals surface area contributed by atoms with Gasteiger partial charge in [-0.1, -0.05) is 48.5 Å². The van der Waals surface area contributed by atoms with Gasteiger partial charge in [0.05, 0.1) is 11.3 Å². The average molecular weight is 303 g/mol. The Labute approximate surface area is 129 Å². The van der Waals surface area contributed by atoms with Gasteiger partial charge in [-0.3, -0.25) is 4.79 Å². The van der Waals surface area contributed by atoms with Crippen LogP contribution in [0, 0.1) is 5.82 Å². The predicted octanol–water partition coefficient (Wildman–Crippen LogP) is 3.54. The first-order valence-electron chi connectivity index (χ1n) is 6.84. The fraction of sp³-hybridized carbons (Fsp3) is 0.235. The lowest BCUT2D eigenvalue weighted by Gasteiger charge is -2.18. The summed E-state index contributed by atoms with van der Waals surface area (Å²) in [5.41, 5.74) is 1.53. The van der Waals surface area contributed by atoms with Gasteiger partial charge in [-0.15, -0.1) is 0 Å². The molecule has 1 N–H and O–H groups in total. The molecule has 0 saturated heterocycles. The molecular weight excluding hydrogens is 285 g/mol. The lowest BCUT2D eigenvalue weighted by atomic mass is 10.1. The lowest BCUT2D eigenvalue weighted by Crippen LogP contribution is -2.34. The SMILES string of the molecule is CC(NC(=O)C(S)Cc1ccccc1)c1ccccc1F. The maximum atomic E-state index is 13.7. The van der Waals surface area contributed by atoms with Crippen LogP contribution in [0.15, 0.2) is 54.6 Å². The summed E-state index contributed by atoms with van der Waals surface area (Å²) < 4.78 is 13.7. The first kappa shape index (κ1) is 15.6. The van der Waals surface area contributed by atoms with Gasteiger partial charge >= 0.3 is 0 Å². The molecule has 2 unspecified atom stereocenters. The van der Waals surface area contributed by atoms with Crippen LogP contribution >= 0.6 is 12.6 Å². The minimum atomic E-state index is -0.457. The van der Waals surface area contributed by atoms with Gasteiger partial charge in [-0.25, -0.2) is 4.39 Å². The molecule has 2 aromatic rings. The molecule has 4 heteroatoms. The van der Waals surface area contributed by atoms with Crippen molar-refractivity contribution in [1.82, 2.24) is 5.32 Å². The van der Waals surface area contributed by atoms with Gasteiger partial charge in [0, 0.05) is 5.56 Å². The van der Waals surface area contributed by atoms with Crippen molar-refractivity contribution >= 4 is 18.5 Å². The molecule has 2 nitrogen and oxygen atoms in total. The maximum absolute atomic E-state index is 13.7. The predicted molar refractivity (Wildman–Crippen MR) is 85.9 cm³/mol. The number of benzene rings is 2. The van der Waals surface area contributed by atoms with Crippen molar-refractivity contribution in [3.63, 3.8) is 0 Å². The smallest absolute Gasteiger partial charge is 0.233 e. The van der Waals surface area contributed by atoms with Crippen molar-refractivity contribution in [2.75, 3.05) is 0 Å². The van der Waals surface area contributed by atoms with Crippen LogP contribution in [0.5, 0.6) is 0 Å². The number of rotatable bonds is 5. The molecule has 2 aromatic carbocycles. The van der Waals surface area contributed by atoms with Crippen molar-refractivity contribution in [1.29, 1.82) is 0 Å². The van der Waals surface area contributed by atoms with Gasteiger partial charge in [-0.2, -0.15) is 12.6 Å². The molecule has 0 spiro atoms. The summed E-state index contributed by atoms with van der Waals surface area (Å²) in [4.78, 5) is 12.1. The summed E-state index contributed by atoms with van der Waals surface area (Å²) in [6, 6.07) is 15.7. The third kappa shape index (κ3) is 4.33. The van der Waals surface area contributed by atoms with Crippen LogP contribution in [0.4, 0.5) is 4.39 Å². The van der Waals surface area contributed by atoms with E-state index >= 15 is 0 Å². The Kier molecular flexibility index (Phi) is 5.39. The largest absolute Gasteiger partial charge is 0.349 e. The molecule has 0 fully saturated rings. The zero-order valence-corrected chi connectivity index (χ0v) is 12.7. The van der Waals surface area contributed by atoms with Gasteiger partial charge in [0.15, 0.2) is 0 Å². The summed E-state index contributed by atoms with van der Waals surface area (Å²) in [5.74, 6) is -0.512. The lowest BCUT2D eigenvalue weighted by molar-refractivity contribution is -0.121. The Morgan fingerprint density at radius 3 is 2.43 bits per heavy atom. The summed E-state index contributed by atoms with van der Waals surface area (Å²) in [6.45, 7) is 1.76. The van der Waals surface area contributed by atoms with Crippen LogP contribution in [-0.4, -0.2) is 11.2 Å². The quantitative estimate of drug-likeness (QED) is 0.813. The summed E-state index contributed by atoms with van der Waals surface area (Å²) in [7, 11) is 0. The van der Waals surface area contributed by atoms with Crippen LogP contribution in [0.2, 0.25) is 0 Å². The average Bonchev–Trinajstić information content (AvgIpc) is 2.48. The Bertz CT molecular complexity index is 603. The van der Waals surface area contributed by atoms with Crippen LogP contribution in [0.25, 0.3) is 0 Å². The number of hydrogen-bond acceptors (Lipinski definition) is 2. The first-order valence-corrected chi connectivity index (χ1v) is 7.36. The third-order valence-electron chi connectivity index (χ3n) is 3.31. The molecule has 0 heterocycles. The summed E-state index contributed by atoms with van der Waals surface area (Å²) >= 11 is 4.34. The van der Waals surface area contributed by atoms with Gasteiger partial charge < -0.3 is 5.32 Å². The van der Waals surface area contributed by atoms with E-state index in [0.717, 1.165) is 5.56 Å². The standard InChI is InChI=1S/C17H18FNOS/c1-12(14-9-5-6-10-15(14)18)19-17(20)16(21)11-13-7-3-2-4-8-13/h2-10,12,16,21H,11H2,1H3,(H,19,20). The number of halogens is 1. The molecule has 110 valence electrons. The van der Waals surface area contributed by atoms with Crippen molar-refractivity contribution in [2.45, 2.75) is 24.6 Å². The highest BCUT2D eigenvalue weighted by Gasteiger charge is 2.18. The molecule has 0 aliphatic rings. The summed E-state index contributed by atoms with van der Waals surface area (Å²) in [6.07, 6.45) is 0.541. The highest BCUT2D eigenvalue weighted by molar-refractivity contribution is 7.81. The molecule has 0 aliphatic carbocycles. The molecule has 0 bridgehead atoms. The van der Waals surface area contributed by atoms with E-state index in [-0.39, 0.29) is 17.8 Å². The highest BCUT2D eigenvalue weighted by atomic mass is 32.1. The molecule has 21 heavy (non-hydrogen) atoms. The molecule has 2 atom stereocenters. The van der Waals surface area contributed by atoms with Crippen molar-refractivity contribution < 1.29 is 9.18 Å². The second kappa shape index (κ2) is 7.27. The Balaban J connectivity index is 1.96. The Hall–Kier alpha value is -1.81. The Morgan fingerprint density at radius 2 is 1.76 bits per heavy atom. The van der Waals surface area contributed by atoms with Crippen molar-refractivity contribution in [2.24, 2.45) is 0 Å². The van der Waals surface area contributed by atoms with Crippen LogP contribution in [-0.2, 0) is 11.2 Å². The number of nitrogens with one attached hydrogen (secondary N) is 1. The highest BCUT2D eigenvalue weighted by Crippen LogP contribution is 2.17. The van der Waals surface area contributed by atoms with E-state index < -0.39 is 5.25 Å². The maximum Gasteiger partial charge on any atom is 0.233 e. The molecule has 0 aliphatic heterocycles. The van der Waals surface area contributed by atoms with Gasteiger partial charge in [-0.05, 0) is 25.0 Å². The summed E-state index contributed by atoms with van der Waals surface area (Å²) in [5, 5.41) is 2.34. The minimum absolute atomic E-state index is 0.196. The zero-order chi connectivity index (χ0) is 15.2. The van der Waals surface area contributed by atoms with Crippen LogP contribution in [0.3, 0.4) is 0 Å². The fourth-order valence-electron chi connectivity index (χ4n) is 2.14. The van der Waals surface area contributed by atoms with E-state index in [1.807, 2.05) is 30.3 Å². The van der Waals surface area contributed by atoms with E-state index in [2.05, 4.69) is 17.9 Å². The molecule has 2 rings (SSSR count). The Morgan fingerprint density at radius 1 is 1.14 bits per heavy atom. The molecule has 1 amide bonds. The second-order valence-corrected chi connectivity index (χ2v) is 5.58. The second-order valence-electron chi connectivity index (χ2n) is 4.96. The number of carbonyl (C=O) groups is 1. The van der Waals surface area contributed by atoms with Gasteiger partial charge in [0.2, 0.25) is 5.91 Å². The fourth-order valence-corrected chi connectivity index (χ4v) is 2.43. The third-order valence-corrected chi connectivity index (χ3v) is 3.72. The first-order chi connectivity index (χ1) is 10.1. The van der Waals surface area contributed by atoms with Crippen molar-refractivity contribution in [3.05, 3.63) is 71.5 Å². The normalized spacial score (nSPS) is 13.5. The zero-order valence-electron chi connectivity index (χ0n) is 11.8. The molecular formula is C17H18FNOS. The van der Waals surface area contributed by atoms with E-state index in [1.165, 1.54) is 6.07 Å². The molecule has 0 radical (unpaired) electrons. The molecule has 0 saturated carbocycles. The van der Waals surface area contributed by atoms with Crippen LogP contribution in [0.1, 0.15) is 24.1 Å². The minimum Gasteiger partial charge on any atom is -0.349 e.